The zero-order valence-electron chi connectivity index (χ0n) is 13.0. The second-order valence-corrected chi connectivity index (χ2v) is 8.37. The van der Waals surface area contributed by atoms with Crippen LogP contribution < -0.4 is 0 Å². The molecule has 0 radical (unpaired) electrons. The fraction of sp³-hybridized carbons (Fsp3) is 0.167. The minimum absolute atomic E-state index is 0.143. The summed E-state index contributed by atoms with van der Waals surface area (Å²) in [5.41, 5.74) is 1.04. The fourth-order valence-electron chi connectivity index (χ4n) is 2.44. The molecule has 0 fully saturated rings. The average molecular weight is 432 g/mol. The van der Waals surface area contributed by atoms with Crippen molar-refractivity contribution in [1.82, 2.24) is 9.55 Å². The number of aryl methyl sites for hydroxylation is 1. The highest BCUT2D eigenvalue weighted by Crippen LogP contribution is 2.42. The van der Waals surface area contributed by atoms with Gasteiger partial charge in [0.05, 0.1) is 16.4 Å². The van der Waals surface area contributed by atoms with Gasteiger partial charge in [0.1, 0.15) is 0 Å². The third-order valence-corrected chi connectivity index (χ3v) is 6.29. The van der Waals surface area contributed by atoms with Gasteiger partial charge in [0.15, 0.2) is 0 Å². The van der Waals surface area contributed by atoms with E-state index in [1.807, 2.05) is 47.4 Å². The minimum atomic E-state index is 0.143. The average Bonchev–Trinajstić information content (AvgIpc) is 3.08. The first-order valence-electron chi connectivity index (χ1n) is 7.55. The standard InChI is InChI=1S/C18H14Cl4N2S/c19-12-1-3-14(16(21)9-12)18(5-7-24-8-6-23-11-24)25-13-2-4-15(20)17(22)10-13/h1-4,6,8-11,18H,5,7H2. The Balaban J connectivity index is 1.85. The van der Waals surface area contributed by atoms with Crippen LogP contribution in [0.2, 0.25) is 20.1 Å². The van der Waals surface area contributed by atoms with Crippen LogP contribution in [0, 0.1) is 0 Å². The van der Waals surface area contributed by atoms with Crippen molar-refractivity contribution in [3.63, 3.8) is 0 Å². The first-order chi connectivity index (χ1) is 12.0. The summed E-state index contributed by atoms with van der Waals surface area (Å²) in [7, 11) is 0. The molecule has 7 heteroatoms. The molecule has 1 heterocycles. The zero-order valence-corrected chi connectivity index (χ0v) is 16.8. The van der Waals surface area contributed by atoms with E-state index in [9.17, 15) is 0 Å². The number of thioether (sulfide) groups is 1. The number of benzene rings is 2. The molecule has 0 aliphatic carbocycles. The van der Waals surface area contributed by atoms with Gasteiger partial charge in [0, 0.05) is 39.1 Å². The van der Waals surface area contributed by atoms with Crippen LogP contribution >= 0.6 is 58.2 Å². The molecule has 2 nitrogen and oxygen atoms in total. The molecule has 0 aliphatic heterocycles. The van der Waals surface area contributed by atoms with Crippen molar-refractivity contribution >= 4 is 58.2 Å². The molecule has 2 aromatic carbocycles. The third-order valence-electron chi connectivity index (χ3n) is 3.69. The normalized spacial score (nSPS) is 12.3. The van der Waals surface area contributed by atoms with Crippen molar-refractivity contribution in [3.05, 3.63) is 80.8 Å². The first-order valence-corrected chi connectivity index (χ1v) is 9.94. The van der Waals surface area contributed by atoms with Gasteiger partial charge >= 0.3 is 0 Å². The Morgan fingerprint density at radius 3 is 2.48 bits per heavy atom. The lowest BCUT2D eigenvalue weighted by molar-refractivity contribution is 0.634. The minimum Gasteiger partial charge on any atom is -0.337 e. The highest BCUT2D eigenvalue weighted by molar-refractivity contribution is 7.99. The number of imidazole rings is 1. The topological polar surface area (TPSA) is 17.8 Å². The van der Waals surface area contributed by atoms with Crippen LogP contribution in [0.5, 0.6) is 0 Å². The Morgan fingerprint density at radius 1 is 0.960 bits per heavy atom. The van der Waals surface area contributed by atoms with Crippen molar-refractivity contribution in [2.24, 2.45) is 0 Å². The molecule has 25 heavy (non-hydrogen) atoms. The lowest BCUT2D eigenvalue weighted by Crippen LogP contribution is -2.02. The lowest BCUT2D eigenvalue weighted by Gasteiger charge is -2.19. The summed E-state index contributed by atoms with van der Waals surface area (Å²) in [4.78, 5) is 5.13. The summed E-state index contributed by atoms with van der Waals surface area (Å²) >= 11 is 26.4. The van der Waals surface area contributed by atoms with Gasteiger partial charge in [-0.2, -0.15) is 0 Å². The zero-order chi connectivity index (χ0) is 17.8. The van der Waals surface area contributed by atoms with Crippen molar-refractivity contribution in [2.45, 2.75) is 23.1 Å². The molecular weight excluding hydrogens is 418 g/mol. The van der Waals surface area contributed by atoms with Gasteiger partial charge in [-0.1, -0.05) is 52.5 Å². The van der Waals surface area contributed by atoms with Gasteiger partial charge in [-0.15, -0.1) is 11.8 Å². The molecule has 1 atom stereocenters. The van der Waals surface area contributed by atoms with Gasteiger partial charge in [-0.05, 0) is 42.3 Å². The number of aromatic nitrogens is 2. The summed E-state index contributed by atoms with van der Waals surface area (Å²) in [6, 6.07) is 11.3. The Labute approximate surface area is 171 Å². The second-order valence-electron chi connectivity index (χ2n) is 5.44. The highest BCUT2D eigenvalue weighted by atomic mass is 35.5. The van der Waals surface area contributed by atoms with Gasteiger partial charge < -0.3 is 4.57 Å². The van der Waals surface area contributed by atoms with Crippen LogP contribution in [-0.2, 0) is 6.54 Å². The highest BCUT2D eigenvalue weighted by Gasteiger charge is 2.17. The van der Waals surface area contributed by atoms with Crippen LogP contribution in [0.1, 0.15) is 17.2 Å². The monoisotopic (exact) mass is 430 g/mol. The van der Waals surface area contributed by atoms with E-state index < -0.39 is 0 Å². The van der Waals surface area contributed by atoms with Crippen molar-refractivity contribution in [3.8, 4) is 0 Å². The van der Waals surface area contributed by atoms with E-state index in [0.29, 0.717) is 20.1 Å². The van der Waals surface area contributed by atoms with Crippen LogP contribution in [-0.4, -0.2) is 9.55 Å². The largest absolute Gasteiger partial charge is 0.337 e. The quantitative estimate of drug-likeness (QED) is 0.377. The molecule has 130 valence electrons. The second kappa shape index (κ2) is 8.70. The first kappa shape index (κ1) is 18.9. The summed E-state index contributed by atoms with van der Waals surface area (Å²) in [5.74, 6) is 0. The Hall–Kier alpha value is -0.840. The fourth-order valence-corrected chi connectivity index (χ4v) is 4.62. The molecule has 1 aromatic heterocycles. The van der Waals surface area contributed by atoms with Crippen LogP contribution in [0.3, 0.4) is 0 Å². The smallest absolute Gasteiger partial charge is 0.0945 e. The number of rotatable bonds is 6. The molecule has 0 spiro atoms. The molecule has 0 aliphatic rings. The summed E-state index contributed by atoms with van der Waals surface area (Å²) in [6.07, 6.45) is 6.41. The number of nitrogens with zero attached hydrogens (tertiary/aromatic N) is 2. The summed E-state index contributed by atoms with van der Waals surface area (Å²) < 4.78 is 2.05. The molecule has 3 rings (SSSR count). The van der Waals surface area contributed by atoms with E-state index in [1.165, 1.54) is 0 Å². The molecule has 0 bridgehead atoms. The molecule has 0 amide bonds. The van der Waals surface area contributed by atoms with E-state index in [2.05, 4.69) is 4.98 Å². The van der Waals surface area contributed by atoms with E-state index in [-0.39, 0.29) is 5.25 Å². The van der Waals surface area contributed by atoms with E-state index >= 15 is 0 Å². The molecule has 3 aromatic rings. The lowest BCUT2D eigenvalue weighted by atomic mass is 10.1. The molecule has 0 saturated carbocycles. The van der Waals surface area contributed by atoms with Crippen molar-refractivity contribution in [1.29, 1.82) is 0 Å². The maximum atomic E-state index is 6.44. The summed E-state index contributed by atoms with van der Waals surface area (Å²) in [5, 5.41) is 2.52. The van der Waals surface area contributed by atoms with E-state index in [0.717, 1.165) is 23.4 Å². The van der Waals surface area contributed by atoms with Gasteiger partial charge in [0.25, 0.3) is 0 Å². The van der Waals surface area contributed by atoms with E-state index in [1.54, 1.807) is 24.0 Å². The number of hydrogen-bond acceptors (Lipinski definition) is 2. The Kier molecular flexibility index (Phi) is 6.59. The van der Waals surface area contributed by atoms with Crippen LogP contribution in [0.15, 0.2) is 60.0 Å². The molecule has 0 saturated heterocycles. The van der Waals surface area contributed by atoms with Gasteiger partial charge in [-0.25, -0.2) is 4.98 Å². The predicted molar refractivity (Wildman–Crippen MR) is 108 cm³/mol. The van der Waals surface area contributed by atoms with E-state index in [4.69, 9.17) is 46.4 Å². The molecular formula is C18H14Cl4N2S. The Morgan fingerprint density at radius 2 is 1.80 bits per heavy atom. The Bertz CT molecular complexity index is 852. The predicted octanol–water partition coefficient (Wildman–Crippen LogP) is 7.42. The van der Waals surface area contributed by atoms with Crippen molar-refractivity contribution in [2.75, 3.05) is 0 Å². The number of hydrogen-bond donors (Lipinski definition) is 0. The van der Waals surface area contributed by atoms with Crippen molar-refractivity contribution < 1.29 is 0 Å². The molecule has 0 N–H and O–H groups in total. The SMILES string of the molecule is Clc1ccc(C(CCn2ccnc2)Sc2ccc(Cl)c(Cl)c2)c(Cl)c1. The van der Waals surface area contributed by atoms with Crippen LogP contribution in [0.4, 0.5) is 0 Å². The molecule has 1 unspecified atom stereocenters. The maximum absolute atomic E-state index is 6.44. The maximum Gasteiger partial charge on any atom is 0.0945 e. The van der Waals surface area contributed by atoms with Gasteiger partial charge in [-0.3, -0.25) is 0 Å². The third kappa shape index (κ3) is 5.08. The summed E-state index contributed by atoms with van der Waals surface area (Å²) in [6.45, 7) is 0.831. The van der Waals surface area contributed by atoms with Crippen LogP contribution in [0.25, 0.3) is 0 Å². The van der Waals surface area contributed by atoms with Gasteiger partial charge in [0.2, 0.25) is 0 Å². The number of halogens is 4.